The Hall–Kier alpha value is -1.71. The van der Waals surface area contributed by atoms with Crippen LogP contribution in [0.1, 0.15) is 35.6 Å². The lowest BCUT2D eigenvalue weighted by Gasteiger charge is -2.25. The molecule has 6 rings (SSSR count). The molecule has 3 saturated heterocycles. The second-order valence-electron chi connectivity index (χ2n) is 8.78. The van der Waals surface area contributed by atoms with Crippen LogP contribution in [0, 0.1) is 0 Å². The van der Waals surface area contributed by atoms with E-state index in [1.165, 1.54) is 0 Å². The van der Waals surface area contributed by atoms with Crippen LogP contribution in [0.5, 0.6) is 0 Å². The highest BCUT2D eigenvalue weighted by Gasteiger charge is 2.51. The van der Waals surface area contributed by atoms with E-state index in [-0.39, 0.29) is 0 Å². The van der Waals surface area contributed by atoms with E-state index < -0.39 is 43.3 Å². The third kappa shape index (κ3) is 4.78. The van der Waals surface area contributed by atoms with Crippen LogP contribution in [0.25, 0.3) is 0 Å². The molecule has 0 spiro atoms. The van der Waals surface area contributed by atoms with Gasteiger partial charge in [0.15, 0.2) is 18.9 Å². The normalized spacial score (nSPS) is 32.2. The molecule has 188 valence electrons. The largest absolute Gasteiger partial charge is 0.346 e. The van der Waals surface area contributed by atoms with Crippen molar-refractivity contribution in [2.24, 2.45) is 0 Å². The molecule has 3 aliphatic heterocycles. The molecular weight excluding hydrogens is 527 g/mol. The number of hydrogen-bond acceptors (Lipinski definition) is 6. The fraction of sp³-hybridized carbons (Fsp3) is 0.333. The maximum atomic E-state index is 6.46. The number of benzene rings is 3. The van der Waals surface area contributed by atoms with Crippen LogP contribution >= 0.6 is 34.8 Å². The Balaban J connectivity index is 1.24. The fourth-order valence-corrected chi connectivity index (χ4v) is 5.40. The summed E-state index contributed by atoms with van der Waals surface area (Å²) < 4.78 is 37.3. The zero-order valence-corrected chi connectivity index (χ0v) is 21.2. The molecule has 0 saturated carbocycles. The third-order valence-electron chi connectivity index (χ3n) is 6.52. The minimum atomic E-state index is -0.695. The quantitative estimate of drug-likeness (QED) is 0.355. The predicted octanol–water partition coefficient (Wildman–Crippen LogP) is 6.66. The van der Waals surface area contributed by atoms with Gasteiger partial charge >= 0.3 is 0 Å². The molecule has 0 radical (unpaired) electrons. The smallest absolute Gasteiger partial charge is 0.186 e. The first-order chi connectivity index (χ1) is 17.6. The van der Waals surface area contributed by atoms with Crippen molar-refractivity contribution in [1.82, 2.24) is 0 Å². The van der Waals surface area contributed by atoms with Crippen molar-refractivity contribution < 1.29 is 28.4 Å². The van der Waals surface area contributed by atoms with Crippen LogP contribution in [0.15, 0.2) is 72.8 Å². The second-order valence-corrected chi connectivity index (χ2v) is 10.00. The summed E-state index contributed by atoms with van der Waals surface area (Å²) in [6.45, 7) is 0.606. The topological polar surface area (TPSA) is 55.4 Å². The minimum Gasteiger partial charge on any atom is -0.346 e. The van der Waals surface area contributed by atoms with Gasteiger partial charge in [0, 0.05) is 31.8 Å². The first-order valence-corrected chi connectivity index (χ1v) is 12.8. The van der Waals surface area contributed by atoms with Gasteiger partial charge in [0.25, 0.3) is 0 Å². The molecule has 0 aliphatic carbocycles. The minimum absolute atomic E-state index is 0.303. The molecule has 9 heteroatoms. The van der Waals surface area contributed by atoms with E-state index in [2.05, 4.69) is 0 Å². The summed E-state index contributed by atoms with van der Waals surface area (Å²) in [7, 11) is 0. The van der Waals surface area contributed by atoms with Crippen LogP contribution in [0.2, 0.25) is 15.1 Å². The Bertz CT molecular complexity index is 1150. The van der Waals surface area contributed by atoms with E-state index >= 15 is 0 Å². The van der Waals surface area contributed by atoms with Gasteiger partial charge in [-0.25, -0.2) is 0 Å². The van der Waals surface area contributed by atoms with Gasteiger partial charge < -0.3 is 28.4 Å². The fourth-order valence-electron chi connectivity index (χ4n) is 4.73. The van der Waals surface area contributed by atoms with Crippen LogP contribution in [-0.2, 0) is 28.4 Å². The third-order valence-corrected chi connectivity index (χ3v) is 7.55. The van der Waals surface area contributed by atoms with Gasteiger partial charge in [-0.3, -0.25) is 0 Å². The first-order valence-electron chi connectivity index (χ1n) is 11.7. The van der Waals surface area contributed by atoms with Gasteiger partial charge in [0.2, 0.25) is 0 Å². The molecule has 0 amide bonds. The molecule has 3 fully saturated rings. The molecule has 36 heavy (non-hydrogen) atoms. The second kappa shape index (κ2) is 10.6. The molecule has 0 N–H and O–H groups in total. The highest BCUT2D eigenvalue weighted by atomic mass is 35.5. The van der Waals surface area contributed by atoms with Crippen molar-refractivity contribution in [1.29, 1.82) is 0 Å². The average Bonchev–Trinajstić information content (AvgIpc) is 3.64. The van der Waals surface area contributed by atoms with Gasteiger partial charge in [-0.05, 0) is 18.2 Å². The van der Waals surface area contributed by atoms with Gasteiger partial charge in [0.1, 0.15) is 24.4 Å². The van der Waals surface area contributed by atoms with Crippen molar-refractivity contribution in [3.05, 3.63) is 105 Å². The van der Waals surface area contributed by atoms with Gasteiger partial charge in [-0.15, -0.1) is 0 Å². The molecule has 3 heterocycles. The number of halogens is 3. The molecular formula is C27H23Cl3O6. The van der Waals surface area contributed by atoms with Crippen LogP contribution in [-0.4, -0.2) is 37.6 Å². The summed E-state index contributed by atoms with van der Waals surface area (Å²) in [5.41, 5.74) is 2.26. The maximum Gasteiger partial charge on any atom is 0.186 e. The number of rotatable bonds is 5. The van der Waals surface area contributed by atoms with E-state index in [4.69, 9.17) is 63.2 Å². The monoisotopic (exact) mass is 548 g/mol. The predicted molar refractivity (Wildman–Crippen MR) is 134 cm³/mol. The lowest BCUT2D eigenvalue weighted by Crippen LogP contribution is -2.44. The van der Waals surface area contributed by atoms with Crippen LogP contribution < -0.4 is 0 Å². The van der Waals surface area contributed by atoms with Crippen molar-refractivity contribution in [2.75, 3.05) is 13.2 Å². The molecule has 3 aliphatic rings. The standard InChI is InChI=1S/C27H23Cl3O6/c28-18-10-4-1-7-15(18)25-31-13-21(33-25)23-24(36-27(35-23)17-9-3-6-12-20(17)30)22-14-32-26(34-22)16-8-2-5-11-19(16)29/h1-12,21-27H,13-14H2/t21-,22+,23-,24-,25?,26?,27?/m1/s1. The average molecular weight is 550 g/mol. The van der Waals surface area contributed by atoms with Gasteiger partial charge in [-0.1, -0.05) is 89.4 Å². The zero-order chi connectivity index (χ0) is 24.6. The lowest BCUT2D eigenvalue weighted by atomic mass is 10.0. The van der Waals surface area contributed by atoms with Crippen LogP contribution in [0.3, 0.4) is 0 Å². The Kier molecular flexibility index (Phi) is 7.23. The van der Waals surface area contributed by atoms with Gasteiger partial charge in [-0.2, -0.15) is 0 Å². The maximum absolute atomic E-state index is 6.46. The van der Waals surface area contributed by atoms with Crippen molar-refractivity contribution >= 4 is 34.8 Å². The van der Waals surface area contributed by atoms with Gasteiger partial charge in [0.05, 0.1) is 13.2 Å². The molecule has 0 bridgehead atoms. The first kappa shape index (κ1) is 24.6. The molecule has 6 nitrogen and oxygen atoms in total. The Morgan fingerprint density at radius 1 is 0.472 bits per heavy atom. The molecule has 3 aromatic rings. The number of ether oxygens (including phenoxy) is 6. The van der Waals surface area contributed by atoms with Crippen LogP contribution in [0.4, 0.5) is 0 Å². The molecule has 3 unspecified atom stereocenters. The highest BCUT2D eigenvalue weighted by molar-refractivity contribution is 6.32. The summed E-state index contributed by atoms with van der Waals surface area (Å²) in [6.07, 6.45) is -3.76. The Morgan fingerprint density at radius 2 is 0.833 bits per heavy atom. The van der Waals surface area contributed by atoms with E-state index in [1.54, 1.807) is 18.2 Å². The lowest BCUT2D eigenvalue weighted by molar-refractivity contribution is -0.107. The summed E-state index contributed by atoms with van der Waals surface area (Å²) in [4.78, 5) is 0. The number of hydrogen-bond donors (Lipinski definition) is 0. The van der Waals surface area contributed by atoms with Crippen molar-refractivity contribution in [2.45, 2.75) is 43.3 Å². The molecule has 7 atom stereocenters. The zero-order valence-electron chi connectivity index (χ0n) is 19.0. The van der Waals surface area contributed by atoms with E-state index in [0.29, 0.717) is 28.3 Å². The van der Waals surface area contributed by atoms with E-state index in [0.717, 1.165) is 16.7 Å². The highest BCUT2D eigenvalue weighted by Crippen LogP contribution is 2.44. The van der Waals surface area contributed by atoms with E-state index in [1.807, 2.05) is 54.6 Å². The summed E-state index contributed by atoms with van der Waals surface area (Å²) in [6, 6.07) is 22.3. The van der Waals surface area contributed by atoms with E-state index in [9.17, 15) is 0 Å². The summed E-state index contributed by atoms with van der Waals surface area (Å²) >= 11 is 19.2. The van der Waals surface area contributed by atoms with Crippen molar-refractivity contribution in [3.63, 3.8) is 0 Å². The van der Waals surface area contributed by atoms with Crippen molar-refractivity contribution in [3.8, 4) is 0 Å². The SMILES string of the molecule is Clc1ccccc1C1O[C@H]([C@@H]2COC(c3ccccc3Cl)O2)[C@@H]([C@H]2COC(c3ccccc3Cl)O2)O1. The summed E-state index contributed by atoms with van der Waals surface area (Å²) in [5.74, 6) is 0. The molecule has 3 aromatic carbocycles. The Labute approximate surface area is 223 Å². The molecule has 0 aromatic heterocycles. The summed E-state index contributed by atoms with van der Waals surface area (Å²) in [5, 5.41) is 1.71. The Morgan fingerprint density at radius 3 is 1.22 bits per heavy atom.